The second-order valence-electron chi connectivity index (χ2n) is 7.61. The molecule has 0 unspecified atom stereocenters. The lowest BCUT2D eigenvalue weighted by Gasteiger charge is -2.36. The Morgan fingerprint density at radius 3 is 2.21 bits per heavy atom. The molecule has 0 saturated heterocycles. The Morgan fingerprint density at radius 1 is 1.08 bits per heavy atom. The van der Waals surface area contributed by atoms with E-state index in [4.69, 9.17) is 0 Å². The van der Waals surface area contributed by atoms with E-state index >= 15 is 0 Å². The van der Waals surface area contributed by atoms with Gasteiger partial charge in [-0.15, -0.1) is 0 Å². The van der Waals surface area contributed by atoms with Gasteiger partial charge >= 0.3 is 0 Å². The van der Waals surface area contributed by atoms with Crippen molar-refractivity contribution >= 4 is 5.91 Å². The van der Waals surface area contributed by atoms with Crippen LogP contribution in [0.3, 0.4) is 0 Å². The van der Waals surface area contributed by atoms with E-state index in [1.807, 2.05) is 6.07 Å². The highest BCUT2D eigenvalue weighted by atomic mass is 16.2. The van der Waals surface area contributed by atoms with E-state index in [1.54, 1.807) is 0 Å². The molecule has 0 bridgehead atoms. The van der Waals surface area contributed by atoms with Gasteiger partial charge in [0.05, 0.1) is 5.41 Å². The van der Waals surface area contributed by atoms with Gasteiger partial charge in [-0.3, -0.25) is 4.79 Å². The van der Waals surface area contributed by atoms with Crippen molar-refractivity contribution in [3.05, 3.63) is 35.9 Å². The lowest BCUT2D eigenvalue weighted by atomic mass is 9.72. The van der Waals surface area contributed by atoms with Crippen molar-refractivity contribution in [2.24, 2.45) is 5.92 Å². The van der Waals surface area contributed by atoms with Gasteiger partial charge in [0.2, 0.25) is 5.91 Å². The Bertz CT molecular complexity index is 484. The minimum Gasteiger partial charge on any atom is -0.353 e. The lowest BCUT2D eigenvalue weighted by Crippen LogP contribution is -2.49. The summed E-state index contributed by atoms with van der Waals surface area (Å²) in [6, 6.07) is 10.7. The number of benzene rings is 1. The molecule has 1 amide bonds. The van der Waals surface area contributed by atoms with Crippen LogP contribution >= 0.6 is 0 Å². The Morgan fingerprint density at radius 2 is 1.67 bits per heavy atom. The lowest BCUT2D eigenvalue weighted by molar-refractivity contribution is -0.128. The van der Waals surface area contributed by atoms with Gasteiger partial charge in [0.25, 0.3) is 0 Å². The van der Waals surface area contributed by atoms with Gasteiger partial charge < -0.3 is 5.32 Å². The highest BCUT2D eigenvalue weighted by Gasteiger charge is 2.39. The normalized spacial score (nSPS) is 17.5. The van der Waals surface area contributed by atoms with Crippen LogP contribution in [0.4, 0.5) is 0 Å². The van der Waals surface area contributed by atoms with E-state index < -0.39 is 0 Å². The highest BCUT2D eigenvalue weighted by Crippen LogP contribution is 2.35. The van der Waals surface area contributed by atoms with E-state index in [2.05, 4.69) is 50.4 Å². The molecule has 1 N–H and O–H groups in total. The molecule has 0 radical (unpaired) electrons. The van der Waals surface area contributed by atoms with Crippen LogP contribution in [0.1, 0.15) is 84.1 Å². The average Bonchev–Trinajstić information content (AvgIpc) is 2.62. The van der Waals surface area contributed by atoms with Gasteiger partial charge in [0, 0.05) is 6.04 Å². The van der Waals surface area contributed by atoms with Crippen molar-refractivity contribution in [2.45, 2.75) is 90.0 Å². The van der Waals surface area contributed by atoms with E-state index in [9.17, 15) is 4.79 Å². The van der Waals surface area contributed by atoms with E-state index in [0.717, 1.165) is 25.7 Å². The van der Waals surface area contributed by atoms with Crippen molar-refractivity contribution in [1.82, 2.24) is 5.32 Å². The van der Waals surface area contributed by atoms with Crippen LogP contribution in [0.25, 0.3) is 0 Å². The minimum absolute atomic E-state index is 0.246. The predicted molar refractivity (Wildman–Crippen MR) is 102 cm³/mol. The number of rotatable bonds is 8. The smallest absolute Gasteiger partial charge is 0.230 e. The molecule has 0 aromatic heterocycles. The van der Waals surface area contributed by atoms with Crippen LogP contribution in [0, 0.1) is 5.92 Å². The van der Waals surface area contributed by atoms with Crippen LogP contribution < -0.4 is 5.32 Å². The number of carbonyl (C=O) groups excluding carboxylic acids is 1. The molecule has 0 aliphatic heterocycles. The maximum Gasteiger partial charge on any atom is 0.230 e. The Labute approximate surface area is 148 Å². The maximum absolute atomic E-state index is 13.4. The van der Waals surface area contributed by atoms with Gasteiger partial charge in [0.1, 0.15) is 0 Å². The second kappa shape index (κ2) is 9.25. The number of amides is 1. The molecule has 0 spiro atoms. The number of hydrogen-bond donors (Lipinski definition) is 1. The summed E-state index contributed by atoms with van der Waals surface area (Å²) in [6.07, 6.45) is 10.4. The first-order valence-corrected chi connectivity index (χ1v) is 10.0. The fourth-order valence-electron chi connectivity index (χ4n) is 4.48. The fraction of sp³-hybridized carbons (Fsp3) is 0.682. The van der Waals surface area contributed by atoms with Gasteiger partial charge in [-0.25, -0.2) is 0 Å². The third kappa shape index (κ3) is 4.40. The summed E-state index contributed by atoms with van der Waals surface area (Å²) in [7, 11) is 0. The molecular weight excluding hydrogens is 294 g/mol. The SMILES string of the molecule is CCCC(CCC)(C(=O)N[C@@H](C)C1CCCCC1)c1ccccc1. The second-order valence-corrected chi connectivity index (χ2v) is 7.61. The van der Waals surface area contributed by atoms with Crippen molar-refractivity contribution in [3.8, 4) is 0 Å². The first-order chi connectivity index (χ1) is 11.6. The first kappa shape index (κ1) is 19.0. The molecule has 1 aromatic rings. The van der Waals surface area contributed by atoms with Crippen LogP contribution in [-0.4, -0.2) is 11.9 Å². The minimum atomic E-state index is -0.367. The molecule has 134 valence electrons. The Kier molecular flexibility index (Phi) is 7.33. The number of carbonyl (C=O) groups is 1. The number of nitrogens with one attached hydrogen (secondary N) is 1. The summed E-state index contributed by atoms with van der Waals surface area (Å²) < 4.78 is 0. The molecule has 2 nitrogen and oxygen atoms in total. The van der Waals surface area contributed by atoms with Gasteiger partial charge in [0.15, 0.2) is 0 Å². The summed E-state index contributed by atoms with van der Waals surface area (Å²) in [5.41, 5.74) is 0.815. The standard InChI is InChI=1S/C22H35NO/c1-4-16-22(17-5-2,20-14-10-7-11-15-20)21(24)23-18(3)19-12-8-6-9-13-19/h7,10-11,14-15,18-19H,4-6,8-9,12-13,16-17H2,1-3H3,(H,23,24)/t18-/m0/s1. The summed E-state index contributed by atoms with van der Waals surface area (Å²) >= 11 is 0. The van der Waals surface area contributed by atoms with Crippen molar-refractivity contribution < 1.29 is 4.79 Å². The van der Waals surface area contributed by atoms with E-state index in [1.165, 1.54) is 37.7 Å². The fourth-order valence-corrected chi connectivity index (χ4v) is 4.48. The van der Waals surface area contributed by atoms with Crippen LogP contribution in [-0.2, 0) is 10.2 Å². The van der Waals surface area contributed by atoms with E-state index in [0.29, 0.717) is 5.92 Å². The highest BCUT2D eigenvalue weighted by molar-refractivity contribution is 5.88. The van der Waals surface area contributed by atoms with Gasteiger partial charge in [-0.05, 0) is 44.1 Å². The molecule has 1 fully saturated rings. The van der Waals surface area contributed by atoms with Crippen molar-refractivity contribution in [1.29, 1.82) is 0 Å². The molecule has 1 aromatic carbocycles. The molecule has 1 aliphatic carbocycles. The Hall–Kier alpha value is -1.31. The summed E-state index contributed by atoms with van der Waals surface area (Å²) in [6.45, 7) is 6.58. The summed E-state index contributed by atoms with van der Waals surface area (Å²) in [5, 5.41) is 3.42. The van der Waals surface area contributed by atoms with Crippen LogP contribution in [0.15, 0.2) is 30.3 Å². The van der Waals surface area contributed by atoms with E-state index in [-0.39, 0.29) is 17.4 Å². The van der Waals surface area contributed by atoms with Gasteiger partial charge in [-0.2, -0.15) is 0 Å². The third-order valence-electron chi connectivity index (χ3n) is 5.83. The molecule has 1 aliphatic rings. The maximum atomic E-state index is 13.4. The molecule has 2 rings (SSSR count). The molecule has 1 atom stereocenters. The summed E-state index contributed by atoms with van der Waals surface area (Å²) in [5.74, 6) is 0.898. The monoisotopic (exact) mass is 329 g/mol. The molecular formula is C22H35NO. The topological polar surface area (TPSA) is 29.1 Å². The molecule has 0 heterocycles. The molecule has 2 heteroatoms. The zero-order valence-electron chi connectivity index (χ0n) is 15.8. The zero-order chi connectivity index (χ0) is 17.4. The predicted octanol–water partition coefficient (Wildman–Crippen LogP) is 5.61. The third-order valence-corrected chi connectivity index (χ3v) is 5.83. The van der Waals surface area contributed by atoms with Gasteiger partial charge in [-0.1, -0.05) is 76.3 Å². The largest absolute Gasteiger partial charge is 0.353 e. The van der Waals surface area contributed by atoms with Crippen LogP contribution in [0.2, 0.25) is 0 Å². The Balaban J connectivity index is 2.20. The summed E-state index contributed by atoms with van der Waals surface area (Å²) in [4.78, 5) is 13.4. The quantitative estimate of drug-likeness (QED) is 0.660. The number of hydrogen-bond acceptors (Lipinski definition) is 1. The first-order valence-electron chi connectivity index (χ1n) is 10.0. The zero-order valence-corrected chi connectivity index (χ0v) is 15.8. The van der Waals surface area contributed by atoms with Crippen molar-refractivity contribution in [3.63, 3.8) is 0 Å². The average molecular weight is 330 g/mol. The van der Waals surface area contributed by atoms with Crippen LogP contribution in [0.5, 0.6) is 0 Å². The molecule has 1 saturated carbocycles. The molecule has 24 heavy (non-hydrogen) atoms. The van der Waals surface area contributed by atoms with Crippen molar-refractivity contribution in [2.75, 3.05) is 0 Å².